The van der Waals surface area contributed by atoms with Crippen molar-refractivity contribution in [2.45, 2.75) is 20.3 Å². The summed E-state index contributed by atoms with van der Waals surface area (Å²) in [5.41, 5.74) is 3.51. The number of amides is 2. The number of hydrogen-bond acceptors (Lipinski definition) is 5. The Morgan fingerprint density at radius 1 is 1.10 bits per heavy atom. The second kappa shape index (κ2) is 10.0. The first-order valence-corrected chi connectivity index (χ1v) is 10.6. The largest absolute Gasteiger partial charge is 0.494 e. The van der Waals surface area contributed by atoms with Crippen LogP contribution < -0.4 is 10.1 Å². The zero-order chi connectivity index (χ0) is 21.5. The third-order valence-electron chi connectivity index (χ3n) is 4.44. The standard InChI is InChI=1S/C23H25N3O3S/c1-4-29-20-11-7-17(8-12-20)23-25-19(15-30-23)13-22(28)26(3)14-21(27)24-18-9-5-16(2)6-10-18/h5-12,15H,4,13-14H2,1-3H3,(H,24,27). The van der Waals surface area contributed by atoms with Crippen molar-refractivity contribution >= 4 is 28.8 Å². The highest BCUT2D eigenvalue weighted by Crippen LogP contribution is 2.26. The van der Waals surface area contributed by atoms with Crippen LogP contribution in [0.15, 0.2) is 53.9 Å². The summed E-state index contributed by atoms with van der Waals surface area (Å²) in [6, 6.07) is 15.3. The Morgan fingerprint density at radius 3 is 2.47 bits per heavy atom. The Morgan fingerprint density at radius 2 is 1.80 bits per heavy atom. The first kappa shape index (κ1) is 21.5. The van der Waals surface area contributed by atoms with Crippen molar-refractivity contribution in [3.8, 4) is 16.3 Å². The monoisotopic (exact) mass is 423 g/mol. The Kier molecular flexibility index (Phi) is 7.19. The number of aryl methyl sites for hydroxylation is 1. The zero-order valence-corrected chi connectivity index (χ0v) is 18.2. The first-order valence-electron chi connectivity index (χ1n) is 9.72. The lowest BCUT2D eigenvalue weighted by Crippen LogP contribution is -2.35. The topological polar surface area (TPSA) is 71.5 Å². The van der Waals surface area contributed by atoms with E-state index in [1.54, 1.807) is 7.05 Å². The molecule has 7 heteroatoms. The lowest BCUT2D eigenvalue weighted by molar-refractivity contribution is -0.132. The average molecular weight is 424 g/mol. The third-order valence-corrected chi connectivity index (χ3v) is 5.38. The Balaban J connectivity index is 1.53. The fraction of sp³-hybridized carbons (Fsp3) is 0.261. The van der Waals surface area contributed by atoms with E-state index in [1.807, 2.05) is 67.8 Å². The summed E-state index contributed by atoms with van der Waals surface area (Å²) in [5.74, 6) is 0.430. The fourth-order valence-corrected chi connectivity index (χ4v) is 3.64. The maximum Gasteiger partial charge on any atom is 0.243 e. The Bertz CT molecular complexity index is 997. The minimum atomic E-state index is -0.233. The second-order valence-corrected chi connectivity index (χ2v) is 7.80. The molecule has 0 spiro atoms. The van der Waals surface area contributed by atoms with Crippen molar-refractivity contribution in [2.75, 3.05) is 25.5 Å². The highest BCUT2D eigenvalue weighted by Gasteiger charge is 2.16. The van der Waals surface area contributed by atoms with Gasteiger partial charge in [0.15, 0.2) is 0 Å². The van der Waals surface area contributed by atoms with E-state index in [1.165, 1.54) is 16.2 Å². The molecule has 0 bridgehead atoms. The van der Waals surface area contributed by atoms with Gasteiger partial charge in [0.2, 0.25) is 11.8 Å². The maximum atomic E-state index is 12.5. The van der Waals surface area contributed by atoms with Gasteiger partial charge in [-0.2, -0.15) is 0 Å². The molecule has 0 radical (unpaired) electrons. The highest BCUT2D eigenvalue weighted by atomic mass is 32.1. The molecule has 3 rings (SSSR count). The number of benzene rings is 2. The number of thiazole rings is 1. The molecule has 0 aliphatic rings. The quantitative estimate of drug-likeness (QED) is 0.591. The summed E-state index contributed by atoms with van der Waals surface area (Å²) >= 11 is 1.49. The molecule has 0 fully saturated rings. The van der Waals surface area contributed by atoms with Crippen LogP contribution in [0, 0.1) is 6.92 Å². The summed E-state index contributed by atoms with van der Waals surface area (Å²) in [7, 11) is 1.62. The van der Waals surface area contributed by atoms with Gasteiger partial charge >= 0.3 is 0 Å². The number of anilines is 1. The van der Waals surface area contributed by atoms with Crippen LogP contribution in [0.4, 0.5) is 5.69 Å². The van der Waals surface area contributed by atoms with E-state index in [9.17, 15) is 9.59 Å². The van der Waals surface area contributed by atoms with Crippen LogP contribution in [0.2, 0.25) is 0 Å². The lowest BCUT2D eigenvalue weighted by Gasteiger charge is -2.16. The molecule has 30 heavy (non-hydrogen) atoms. The number of nitrogens with zero attached hydrogens (tertiary/aromatic N) is 2. The molecular formula is C23H25N3O3S. The van der Waals surface area contributed by atoms with Crippen molar-refractivity contribution in [3.05, 3.63) is 65.2 Å². The molecule has 1 aromatic heterocycles. The molecule has 0 saturated heterocycles. The van der Waals surface area contributed by atoms with Gasteiger partial charge in [-0.25, -0.2) is 4.98 Å². The number of aromatic nitrogens is 1. The van der Waals surface area contributed by atoms with Gasteiger partial charge < -0.3 is 15.0 Å². The number of hydrogen-bond donors (Lipinski definition) is 1. The van der Waals surface area contributed by atoms with E-state index < -0.39 is 0 Å². The van der Waals surface area contributed by atoms with Crippen LogP contribution in [0.25, 0.3) is 10.6 Å². The van der Waals surface area contributed by atoms with Crippen LogP contribution in [0.5, 0.6) is 5.75 Å². The van der Waals surface area contributed by atoms with Crippen molar-refractivity contribution in [2.24, 2.45) is 0 Å². The van der Waals surface area contributed by atoms with E-state index >= 15 is 0 Å². The second-order valence-electron chi connectivity index (χ2n) is 6.94. The van der Waals surface area contributed by atoms with Crippen LogP contribution >= 0.6 is 11.3 Å². The number of nitrogens with one attached hydrogen (secondary N) is 1. The molecule has 0 aliphatic carbocycles. The zero-order valence-electron chi connectivity index (χ0n) is 17.3. The van der Waals surface area contributed by atoms with Crippen molar-refractivity contribution in [3.63, 3.8) is 0 Å². The van der Waals surface area contributed by atoms with Gasteiger partial charge in [0, 0.05) is 23.7 Å². The van der Waals surface area contributed by atoms with E-state index in [2.05, 4.69) is 10.3 Å². The SMILES string of the molecule is CCOc1ccc(-c2nc(CC(=O)N(C)CC(=O)Nc3ccc(C)cc3)cs2)cc1. The molecule has 1 heterocycles. The summed E-state index contributed by atoms with van der Waals surface area (Å²) in [6.45, 7) is 4.54. The molecule has 6 nitrogen and oxygen atoms in total. The van der Waals surface area contributed by atoms with Gasteiger partial charge in [-0.1, -0.05) is 17.7 Å². The van der Waals surface area contributed by atoms with E-state index in [0.717, 1.165) is 21.9 Å². The number of carbonyl (C=O) groups is 2. The summed E-state index contributed by atoms with van der Waals surface area (Å²) < 4.78 is 5.46. The first-order chi connectivity index (χ1) is 14.4. The molecule has 0 aliphatic heterocycles. The average Bonchev–Trinajstić information content (AvgIpc) is 3.19. The smallest absolute Gasteiger partial charge is 0.243 e. The Labute approximate surface area is 180 Å². The molecule has 0 unspecified atom stereocenters. The van der Waals surface area contributed by atoms with Crippen LogP contribution in [-0.2, 0) is 16.0 Å². The molecule has 1 N–H and O–H groups in total. The highest BCUT2D eigenvalue weighted by molar-refractivity contribution is 7.13. The van der Waals surface area contributed by atoms with E-state index in [0.29, 0.717) is 18.0 Å². The Hall–Kier alpha value is -3.19. The molecule has 2 amide bonds. The predicted molar refractivity (Wildman–Crippen MR) is 120 cm³/mol. The minimum absolute atomic E-state index is 0.0113. The summed E-state index contributed by atoms with van der Waals surface area (Å²) in [6.07, 6.45) is 0.155. The van der Waals surface area contributed by atoms with Gasteiger partial charge in [-0.05, 0) is 50.2 Å². The summed E-state index contributed by atoms with van der Waals surface area (Å²) in [5, 5.41) is 5.53. The lowest BCUT2D eigenvalue weighted by atomic mass is 10.2. The molecule has 0 saturated carbocycles. The number of carbonyl (C=O) groups excluding carboxylic acids is 2. The van der Waals surface area contributed by atoms with Crippen LogP contribution in [0.1, 0.15) is 18.2 Å². The number of rotatable bonds is 8. The fourth-order valence-electron chi connectivity index (χ4n) is 2.81. The van der Waals surface area contributed by atoms with E-state index in [-0.39, 0.29) is 24.8 Å². The van der Waals surface area contributed by atoms with Crippen molar-refractivity contribution < 1.29 is 14.3 Å². The molecule has 3 aromatic rings. The normalized spacial score (nSPS) is 10.5. The van der Waals surface area contributed by atoms with Gasteiger partial charge in [0.1, 0.15) is 10.8 Å². The van der Waals surface area contributed by atoms with Crippen LogP contribution in [0.3, 0.4) is 0 Å². The molecular weight excluding hydrogens is 398 g/mol. The number of likely N-dealkylation sites (N-methyl/N-ethyl adjacent to an activating group) is 1. The molecule has 156 valence electrons. The van der Waals surface area contributed by atoms with Gasteiger partial charge in [0.25, 0.3) is 0 Å². The van der Waals surface area contributed by atoms with Crippen LogP contribution in [-0.4, -0.2) is 41.9 Å². The molecule has 2 aromatic carbocycles. The van der Waals surface area contributed by atoms with Crippen molar-refractivity contribution in [1.29, 1.82) is 0 Å². The van der Waals surface area contributed by atoms with Gasteiger partial charge in [0.05, 0.1) is 25.3 Å². The summed E-state index contributed by atoms with van der Waals surface area (Å²) in [4.78, 5) is 30.7. The predicted octanol–water partition coefficient (Wildman–Crippen LogP) is 4.16. The van der Waals surface area contributed by atoms with Gasteiger partial charge in [-0.3, -0.25) is 9.59 Å². The van der Waals surface area contributed by atoms with E-state index in [4.69, 9.17) is 4.74 Å². The van der Waals surface area contributed by atoms with Gasteiger partial charge in [-0.15, -0.1) is 11.3 Å². The minimum Gasteiger partial charge on any atom is -0.494 e. The molecule has 0 atom stereocenters. The van der Waals surface area contributed by atoms with Crippen molar-refractivity contribution in [1.82, 2.24) is 9.88 Å². The number of ether oxygens (including phenoxy) is 1. The maximum absolute atomic E-state index is 12.5. The third kappa shape index (κ3) is 5.90.